The molecule has 0 unspecified atom stereocenters. The summed E-state index contributed by atoms with van der Waals surface area (Å²) < 4.78 is 42.3. The van der Waals surface area contributed by atoms with Crippen LogP contribution >= 0.6 is 34.5 Å². The lowest BCUT2D eigenvalue weighted by Gasteiger charge is -2.17. The van der Waals surface area contributed by atoms with Crippen molar-refractivity contribution in [3.63, 3.8) is 0 Å². The van der Waals surface area contributed by atoms with Gasteiger partial charge in [0.2, 0.25) is 0 Å². The number of amides is 1. The highest BCUT2D eigenvalue weighted by Crippen LogP contribution is 2.39. The molecular formula is C24H16Cl2F3N5OS. The van der Waals surface area contributed by atoms with Crippen LogP contribution in [0.2, 0.25) is 10.0 Å². The molecule has 3 heterocycles. The third-order valence-corrected chi connectivity index (χ3v) is 7.92. The number of hydrogen-bond donors (Lipinski definition) is 1. The Bertz CT molecular complexity index is 1570. The highest BCUT2D eigenvalue weighted by atomic mass is 35.5. The molecule has 1 aliphatic rings. The molecule has 1 amide bonds. The van der Waals surface area contributed by atoms with Gasteiger partial charge < -0.3 is 5.32 Å². The summed E-state index contributed by atoms with van der Waals surface area (Å²) >= 11 is 13.3. The summed E-state index contributed by atoms with van der Waals surface area (Å²) in [5, 5.41) is 17.0. The van der Waals surface area contributed by atoms with E-state index in [4.69, 9.17) is 23.2 Å². The zero-order chi connectivity index (χ0) is 25.8. The Morgan fingerprint density at radius 3 is 2.72 bits per heavy atom. The maximum atomic E-state index is 13.9. The van der Waals surface area contributed by atoms with E-state index in [2.05, 4.69) is 28.4 Å². The summed E-state index contributed by atoms with van der Waals surface area (Å²) in [5.41, 5.74) is 0.103. The predicted molar refractivity (Wildman–Crippen MR) is 132 cm³/mol. The number of aromatic nitrogens is 3. The second-order valence-electron chi connectivity index (χ2n) is 8.57. The molecule has 0 aliphatic heterocycles. The molecule has 1 atom stereocenters. The van der Waals surface area contributed by atoms with Crippen LogP contribution in [-0.2, 0) is 19.0 Å². The number of rotatable bonds is 3. The van der Waals surface area contributed by atoms with Crippen LogP contribution in [0.5, 0.6) is 0 Å². The molecule has 0 saturated heterocycles. The number of thiophene rings is 1. The summed E-state index contributed by atoms with van der Waals surface area (Å²) in [6.45, 7) is 2.13. The van der Waals surface area contributed by atoms with Gasteiger partial charge in [0.05, 0.1) is 21.3 Å². The van der Waals surface area contributed by atoms with Crippen LogP contribution in [0.1, 0.15) is 45.5 Å². The highest BCUT2D eigenvalue weighted by molar-refractivity contribution is 7.16. The first-order valence-electron chi connectivity index (χ1n) is 10.8. The molecule has 0 spiro atoms. The summed E-state index contributed by atoms with van der Waals surface area (Å²) in [6, 6.07) is 8.54. The number of anilines is 1. The number of hydrogen-bond acceptors (Lipinski definition) is 5. The standard InChI is InChI=1S/C24H16Cl2F3N5OS/c1-11-2-4-13-14(10-30)23(36-19(13)6-11)32-22(35)18-9-21-31-17(12-3-5-15(25)16(26)7-12)8-20(24(27,28)29)34(21)33-18/h3,5,7-9,11H,2,4,6H2,1H3,(H,32,35)/t11-/m0/s1. The summed E-state index contributed by atoms with van der Waals surface area (Å²) in [6.07, 6.45) is -2.26. The molecule has 0 fully saturated rings. The minimum Gasteiger partial charge on any atom is -0.311 e. The number of fused-ring (bicyclic) bond motifs is 2. The molecule has 184 valence electrons. The summed E-state index contributed by atoms with van der Waals surface area (Å²) in [5.74, 6) is -0.255. The number of carbonyl (C=O) groups excluding carboxylic acids is 1. The lowest BCUT2D eigenvalue weighted by molar-refractivity contribution is -0.142. The van der Waals surface area contributed by atoms with Gasteiger partial charge in [-0.2, -0.15) is 23.5 Å². The van der Waals surface area contributed by atoms with Crippen LogP contribution in [0.3, 0.4) is 0 Å². The molecule has 1 aliphatic carbocycles. The minimum absolute atomic E-state index is 0.00734. The zero-order valence-electron chi connectivity index (χ0n) is 18.6. The number of nitriles is 1. The number of carbonyl (C=O) groups is 1. The summed E-state index contributed by atoms with van der Waals surface area (Å²) in [4.78, 5) is 18.3. The van der Waals surface area contributed by atoms with Crippen molar-refractivity contribution < 1.29 is 18.0 Å². The van der Waals surface area contributed by atoms with E-state index >= 15 is 0 Å². The van der Waals surface area contributed by atoms with Gasteiger partial charge in [-0.25, -0.2) is 9.50 Å². The fourth-order valence-electron chi connectivity index (χ4n) is 4.21. The molecule has 4 aromatic rings. The SMILES string of the molecule is C[C@H]1CCc2c(sc(NC(=O)c3cc4nc(-c5ccc(Cl)c(Cl)c5)cc(C(F)(F)F)n4n3)c2C#N)C1. The van der Waals surface area contributed by atoms with Gasteiger partial charge in [-0.1, -0.05) is 36.2 Å². The van der Waals surface area contributed by atoms with E-state index in [-0.39, 0.29) is 27.1 Å². The summed E-state index contributed by atoms with van der Waals surface area (Å²) in [7, 11) is 0. The van der Waals surface area contributed by atoms with Gasteiger partial charge >= 0.3 is 6.18 Å². The molecule has 0 radical (unpaired) electrons. The second-order valence-corrected chi connectivity index (χ2v) is 10.5. The lowest BCUT2D eigenvalue weighted by Crippen LogP contribution is -2.15. The van der Waals surface area contributed by atoms with Crippen LogP contribution in [0.15, 0.2) is 30.3 Å². The maximum absolute atomic E-state index is 13.9. The van der Waals surface area contributed by atoms with Crippen molar-refractivity contribution in [2.45, 2.75) is 32.4 Å². The lowest BCUT2D eigenvalue weighted by atomic mass is 9.89. The molecule has 1 N–H and O–H groups in total. The van der Waals surface area contributed by atoms with Crippen LogP contribution in [-0.4, -0.2) is 20.5 Å². The van der Waals surface area contributed by atoms with E-state index in [1.807, 2.05) is 0 Å². The first kappa shape index (κ1) is 24.6. The number of nitrogens with one attached hydrogen (secondary N) is 1. The Kier molecular flexibility index (Phi) is 6.19. The van der Waals surface area contributed by atoms with Gasteiger partial charge in [0, 0.05) is 16.5 Å². The van der Waals surface area contributed by atoms with Crippen molar-refractivity contribution in [1.29, 1.82) is 5.26 Å². The molecule has 1 aromatic carbocycles. The van der Waals surface area contributed by atoms with E-state index in [9.17, 15) is 23.2 Å². The van der Waals surface area contributed by atoms with Gasteiger partial charge in [0.15, 0.2) is 17.0 Å². The van der Waals surface area contributed by atoms with E-state index in [1.165, 1.54) is 35.6 Å². The van der Waals surface area contributed by atoms with Crippen molar-refractivity contribution in [2.24, 2.45) is 5.92 Å². The van der Waals surface area contributed by atoms with E-state index < -0.39 is 17.8 Å². The normalized spacial score (nSPS) is 15.5. The second kappa shape index (κ2) is 9.07. The molecule has 12 heteroatoms. The average Bonchev–Trinajstić information content (AvgIpc) is 3.39. The molecule has 0 bridgehead atoms. The largest absolute Gasteiger partial charge is 0.433 e. The van der Waals surface area contributed by atoms with Gasteiger partial charge in [0.25, 0.3) is 5.91 Å². The van der Waals surface area contributed by atoms with E-state index in [0.717, 1.165) is 35.8 Å². The number of benzene rings is 1. The highest BCUT2D eigenvalue weighted by Gasteiger charge is 2.36. The maximum Gasteiger partial charge on any atom is 0.433 e. The van der Waals surface area contributed by atoms with Crippen LogP contribution in [0.25, 0.3) is 16.9 Å². The number of nitrogens with zero attached hydrogens (tertiary/aromatic N) is 4. The predicted octanol–water partition coefficient (Wildman–Crippen LogP) is 7.03. The van der Waals surface area contributed by atoms with Crippen LogP contribution in [0.4, 0.5) is 18.2 Å². The van der Waals surface area contributed by atoms with Crippen molar-refractivity contribution in [2.75, 3.05) is 5.32 Å². The first-order chi connectivity index (χ1) is 17.0. The van der Waals surface area contributed by atoms with Gasteiger partial charge in [0.1, 0.15) is 11.1 Å². The molecule has 0 saturated carbocycles. The van der Waals surface area contributed by atoms with Gasteiger partial charge in [-0.15, -0.1) is 11.3 Å². The van der Waals surface area contributed by atoms with Crippen LogP contribution < -0.4 is 5.32 Å². The fraction of sp³-hybridized carbons (Fsp3) is 0.250. The first-order valence-corrected chi connectivity index (χ1v) is 12.4. The Morgan fingerprint density at radius 2 is 2.03 bits per heavy atom. The Hall–Kier alpha value is -3.13. The van der Waals surface area contributed by atoms with Crippen molar-refractivity contribution in [3.8, 4) is 17.3 Å². The quantitative estimate of drug-likeness (QED) is 0.297. The molecule has 3 aromatic heterocycles. The Balaban J connectivity index is 1.55. The van der Waals surface area contributed by atoms with Crippen molar-refractivity contribution >= 4 is 51.1 Å². The third kappa shape index (κ3) is 4.43. The van der Waals surface area contributed by atoms with E-state index in [1.54, 1.807) is 0 Å². The van der Waals surface area contributed by atoms with Gasteiger partial charge in [-0.05, 0) is 48.9 Å². The van der Waals surface area contributed by atoms with E-state index in [0.29, 0.717) is 26.6 Å². The van der Waals surface area contributed by atoms with Gasteiger partial charge in [-0.3, -0.25) is 4.79 Å². The molecular weight excluding hydrogens is 534 g/mol. The van der Waals surface area contributed by atoms with Crippen molar-refractivity contribution in [3.05, 3.63) is 67.8 Å². The fourth-order valence-corrected chi connectivity index (χ4v) is 5.87. The number of alkyl halides is 3. The smallest absolute Gasteiger partial charge is 0.311 e. The average molecular weight is 550 g/mol. The molecule has 6 nitrogen and oxygen atoms in total. The molecule has 5 rings (SSSR count). The monoisotopic (exact) mass is 549 g/mol. The molecule has 36 heavy (non-hydrogen) atoms. The number of halogens is 5. The Morgan fingerprint density at radius 1 is 1.25 bits per heavy atom. The van der Waals surface area contributed by atoms with Crippen molar-refractivity contribution in [1.82, 2.24) is 14.6 Å². The topological polar surface area (TPSA) is 83.1 Å². The third-order valence-electron chi connectivity index (χ3n) is 6.02. The zero-order valence-corrected chi connectivity index (χ0v) is 20.9. The minimum atomic E-state index is -4.77. The van der Waals surface area contributed by atoms with Crippen LogP contribution in [0, 0.1) is 17.2 Å². The Labute approximate surface area is 217 Å².